The van der Waals surface area contributed by atoms with E-state index in [9.17, 15) is 4.79 Å². The van der Waals surface area contributed by atoms with Gasteiger partial charge in [0.05, 0.1) is 19.8 Å². The molecule has 1 unspecified atom stereocenters. The highest BCUT2D eigenvalue weighted by Crippen LogP contribution is 2.08. The number of esters is 1. The van der Waals surface area contributed by atoms with E-state index < -0.39 is 12.0 Å². The average molecular weight is 196 g/mol. The zero-order valence-corrected chi connectivity index (χ0v) is 7.80. The smallest absolute Gasteiger partial charge is 0.356 e. The molecule has 5 heteroatoms. The summed E-state index contributed by atoms with van der Waals surface area (Å²) in [5.74, 6) is -0.492. The van der Waals surface area contributed by atoms with Crippen LogP contribution in [0.3, 0.4) is 0 Å². The Bertz CT molecular complexity index is 310. The first-order valence-electron chi connectivity index (χ1n) is 4.09. The van der Waals surface area contributed by atoms with Gasteiger partial charge >= 0.3 is 5.97 Å². The number of aliphatic hydroxyl groups is 1. The standard InChI is InChI=1S/C9H12N2O3/c1-14-9(13)8-3-2-6(4-11-8)7(10)5-12/h2-4,7,12H,5,10H2,1H3. The van der Waals surface area contributed by atoms with Crippen LogP contribution in [0.25, 0.3) is 0 Å². The van der Waals surface area contributed by atoms with Crippen molar-refractivity contribution in [3.8, 4) is 0 Å². The molecule has 76 valence electrons. The second-order valence-corrected chi connectivity index (χ2v) is 2.76. The van der Waals surface area contributed by atoms with Gasteiger partial charge in [0.25, 0.3) is 0 Å². The lowest BCUT2D eigenvalue weighted by atomic mass is 10.1. The van der Waals surface area contributed by atoms with Crippen molar-refractivity contribution in [3.05, 3.63) is 29.6 Å². The van der Waals surface area contributed by atoms with E-state index in [0.29, 0.717) is 5.56 Å². The third kappa shape index (κ3) is 2.27. The molecule has 1 aromatic heterocycles. The maximum atomic E-state index is 11.0. The van der Waals surface area contributed by atoms with Gasteiger partial charge in [-0.15, -0.1) is 0 Å². The third-order valence-corrected chi connectivity index (χ3v) is 1.81. The SMILES string of the molecule is COC(=O)c1ccc(C(N)CO)cn1. The molecule has 0 aromatic carbocycles. The molecule has 0 saturated carbocycles. The highest BCUT2D eigenvalue weighted by Gasteiger charge is 2.08. The number of aromatic nitrogens is 1. The largest absolute Gasteiger partial charge is 0.464 e. The topological polar surface area (TPSA) is 85.4 Å². The molecule has 5 nitrogen and oxygen atoms in total. The van der Waals surface area contributed by atoms with Crippen molar-refractivity contribution in [2.75, 3.05) is 13.7 Å². The molecule has 0 saturated heterocycles. The van der Waals surface area contributed by atoms with Crippen LogP contribution in [0.15, 0.2) is 18.3 Å². The molecule has 0 bridgehead atoms. The maximum absolute atomic E-state index is 11.0. The van der Waals surface area contributed by atoms with Crippen molar-refractivity contribution in [1.29, 1.82) is 0 Å². The van der Waals surface area contributed by atoms with Gasteiger partial charge in [0, 0.05) is 6.20 Å². The highest BCUT2D eigenvalue weighted by atomic mass is 16.5. The Hall–Kier alpha value is -1.46. The summed E-state index contributed by atoms with van der Waals surface area (Å²) < 4.78 is 4.48. The number of carbonyl (C=O) groups is 1. The third-order valence-electron chi connectivity index (χ3n) is 1.81. The first-order chi connectivity index (χ1) is 6.69. The summed E-state index contributed by atoms with van der Waals surface area (Å²) >= 11 is 0. The second kappa shape index (κ2) is 4.69. The number of ether oxygens (including phenoxy) is 1. The van der Waals surface area contributed by atoms with E-state index in [2.05, 4.69) is 9.72 Å². The zero-order valence-electron chi connectivity index (χ0n) is 7.80. The Morgan fingerprint density at radius 3 is 2.86 bits per heavy atom. The van der Waals surface area contributed by atoms with Crippen LogP contribution in [0.2, 0.25) is 0 Å². The molecular weight excluding hydrogens is 184 g/mol. The van der Waals surface area contributed by atoms with Crippen LogP contribution in [0.4, 0.5) is 0 Å². The van der Waals surface area contributed by atoms with Crippen LogP contribution in [-0.2, 0) is 4.74 Å². The maximum Gasteiger partial charge on any atom is 0.356 e. The summed E-state index contributed by atoms with van der Waals surface area (Å²) in [5.41, 5.74) is 6.45. The van der Waals surface area contributed by atoms with Gasteiger partial charge in [-0.2, -0.15) is 0 Å². The van der Waals surface area contributed by atoms with Gasteiger partial charge in [-0.25, -0.2) is 9.78 Å². The van der Waals surface area contributed by atoms with Gasteiger partial charge in [0.1, 0.15) is 5.69 Å². The molecule has 0 radical (unpaired) electrons. The predicted molar refractivity (Wildman–Crippen MR) is 49.6 cm³/mol. The molecule has 1 atom stereocenters. The number of hydrogen-bond acceptors (Lipinski definition) is 5. The number of pyridine rings is 1. The van der Waals surface area contributed by atoms with Crippen molar-refractivity contribution in [2.24, 2.45) is 5.73 Å². The summed E-state index contributed by atoms with van der Waals surface area (Å²) in [6, 6.07) is 2.69. The Balaban J connectivity index is 2.83. The molecule has 0 spiro atoms. The molecule has 14 heavy (non-hydrogen) atoms. The number of aliphatic hydroxyl groups excluding tert-OH is 1. The highest BCUT2D eigenvalue weighted by molar-refractivity contribution is 5.86. The fraction of sp³-hybridized carbons (Fsp3) is 0.333. The van der Waals surface area contributed by atoms with E-state index in [0.717, 1.165) is 0 Å². The van der Waals surface area contributed by atoms with E-state index in [4.69, 9.17) is 10.8 Å². The fourth-order valence-corrected chi connectivity index (χ4v) is 0.955. The first-order valence-corrected chi connectivity index (χ1v) is 4.09. The minimum atomic E-state index is -0.492. The minimum Gasteiger partial charge on any atom is -0.464 e. The monoisotopic (exact) mass is 196 g/mol. The van der Waals surface area contributed by atoms with Gasteiger partial charge in [-0.3, -0.25) is 0 Å². The zero-order chi connectivity index (χ0) is 10.6. The lowest BCUT2D eigenvalue weighted by Gasteiger charge is -2.07. The minimum absolute atomic E-state index is 0.154. The average Bonchev–Trinajstić information content (AvgIpc) is 2.27. The summed E-state index contributed by atoms with van der Waals surface area (Å²) in [5, 5.41) is 8.77. The quantitative estimate of drug-likeness (QED) is 0.657. The van der Waals surface area contributed by atoms with Crippen molar-refractivity contribution >= 4 is 5.97 Å². The van der Waals surface area contributed by atoms with Gasteiger partial charge in [0.2, 0.25) is 0 Å². The molecular formula is C9H12N2O3. The van der Waals surface area contributed by atoms with Crippen molar-refractivity contribution in [1.82, 2.24) is 4.98 Å². The number of nitrogens with zero attached hydrogens (tertiary/aromatic N) is 1. The first kappa shape index (κ1) is 10.6. The summed E-state index contributed by atoms with van der Waals surface area (Å²) in [7, 11) is 1.29. The Kier molecular flexibility index (Phi) is 3.55. The van der Waals surface area contributed by atoms with Crippen molar-refractivity contribution < 1.29 is 14.6 Å². The number of carbonyl (C=O) groups excluding carboxylic acids is 1. The van der Waals surface area contributed by atoms with Gasteiger partial charge < -0.3 is 15.6 Å². The van der Waals surface area contributed by atoms with E-state index >= 15 is 0 Å². The van der Waals surface area contributed by atoms with Crippen LogP contribution < -0.4 is 5.73 Å². The second-order valence-electron chi connectivity index (χ2n) is 2.76. The molecule has 0 amide bonds. The molecule has 0 aliphatic heterocycles. The summed E-state index contributed by atoms with van der Waals surface area (Å²) in [4.78, 5) is 14.9. The molecule has 0 fully saturated rings. The van der Waals surface area contributed by atoms with E-state index in [1.165, 1.54) is 19.4 Å². The number of methoxy groups -OCH3 is 1. The summed E-state index contributed by atoms with van der Waals surface area (Å²) in [6.45, 7) is -0.154. The normalized spacial score (nSPS) is 12.2. The molecule has 0 aliphatic rings. The van der Waals surface area contributed by atoms with Crippen molar-refractivity contribution in [3.63, 3.8) is 0 Å². The van der Waals surface area contributed by atoms with Crippen LogP contribution in [0.5, 0.6) is 0 Å². The Morgan fingerprint density at radius 1 is 1.71 bits per heavy atom. The van der Waals surface area contributed by atoms with Crippen LogP contribution in [0, 0.1) is 0 Å². The number of rotatable bonds is 3. The summed E-state index contributed by atoms with van der Waals surface area (Å²) in [6.07, 6.45) is 1.45. The lowest BCUT2D eigenvalue weighted by molar-refractivity contribution is 0.0594. The van der Waals surface area contributed by atoms with Gasteiger partial charge in [-0.1, -0.05) is 6.07 Å². The molecule has 3 N–H and O–H groups in total. The number of hydrogen-bond donors (Lipinski definition) is 2. The van der Waals surface area contributed by atoms with E-state index in [-0.39, 0.29) is 12.3 Å². The fourth-order valence-electron chi connectivity index (χ4n) is 0.955. The van der Waals surface area contributed by atoms with E-state index in [1.54, 1.807) is 6.07 Å². The van der Waals surface area contributed by atoms with Gasteiger partial charge in [-0.05, 0) is 11.6 Å². The number of nitrogens with two attached hydrogens (primary N) is 1. The predicted octanol–water partition coefficient (Wildman–Crippen LogP) is -0.140. The van der Waals surface area contributed by atoms with Crippen LogP contribution >= 0.6 is 0 Å². The Labute approximate surface area is 81.5 Å². The Morgan fingerprint density at radius 2 is 2.43 bits per heavy atom. The molecule has 1 aromatic rings. The van der Waals surface area contributed by atoms with Gasteiger partial charge in [0.15, 0.2) is 0 Å². The van der Waals surface area contributed by atoms with Crippen molar-refractivity contribution in [2.45, 2.75) is 6.04 Å². The van der Waals surface area contributed by atoms with E-state index in [1.807, 2.05) is 0 Å². The lowest BCUT2D eigenvalue weighted by Crippen LogP contribution is -2.15. The molecule has 1 rings (SSSR count). The van der Waals surface area contributed by atoms with Crippen LogP contribution in [0.1, 0.15) is 22.1 Å². The molecule has 1 heterocycles. The van der Waals surface area contributed by atoms with Crippen LogP contribution in [-0.4, -0.2) is 29.8 Å². The molecule has 0 aliphatic carbocycles.